The van der Waals surface area contributed by atoms with E-state index in [1.807, 2.05) is 12.1 Å². The molecule has 1 aromatic carbocycles. The summed E-state index contributed by atoms with van der Waals surface area (Å²) < 4.78 is 5.25. The second kappa shape index (κ2) is 6.05. The first-order chi connectivity index (χ1) is 10.2. The summed E-state index contributed by atoms with van der Waals surface area (Å²) in [7, 11) is 3.79. The van der Waals surface area contributed by atoms with Crippen LogP contribution in [0.1, 0.15) is 36.4 Å². The third-order valence-electron chi connectivity index (χ3n) is 4.71. The number of nitrogens with zero attached hydrogens (tertiary/aromatic N) is 2. The van der Waals surface area contributed by atoms with Gasteiger partial charge in [-0.15, -0.1) is 0 Å². The van der Waals surface area contributed by atoms with Gasteiger partial charge in [-0.05, 0) is 56.5 Å². The number of hydrogen-bond acceptors (Lipinski definition) is 4. The van der Waals surface area contributed by atoms with E-state index in [1.54, 1.807) is 7.11 Å². The molecular formula is C17H23N3O. The lowest BCUT2D eigenvalue weighted by molar-refractivity contribution is 0.271. The number of nitrogens with one attached hydrogen (secondary N) is 1. The van der Waals surface area contributed by atoms with Gasteiger partial charge in [-0.1, -0.05) is 6.07 Å². The molecule has 2 aliphatic rings. The molecule has 3 rings (SSSR count). The van der Waals surface area contributed by atoms with Crippen LogP contribution < -0.4 is 10.1 Å². The lowest BCUT2D eigenvalue weighted by Gasteiger charge is -2.26. The number of benzene rings is 1. The molecule has 0 aromatic heterocycles. The molecule has 1 aromatic rings. The maximum atomic E-state index is 9.28. The van der Waals surface area contributed by atoms with Gasteiger partial charge in [0.1, 0.15) is 11.8 Å². The van der Waals surface area contributed by atoms with E-state index in [1.165, 1.54) is 24.8 Å². The molecular weight excluding hydrogens is 262 g/mol. The lowest BCUT2D eigenvalue weighted by atomic mass is 9.92. The van der Waals surface area contributed by atoms with E-state index < -0.39 is 0 Å². The Morgan fingerprint density at radius 2 is 2.19 bits per heavy atom. The normalized spacial score (nSPS) is 25.8. The van der Waals surface area contributed by atoms with Crippen molar-refractivity contribution >= 4 is 0 Å². The first-order valence-electron chi connectivity index (χ1n) is 7.74. The number of nitriles is 1. The van der Waals surface area contributed by atoms with Crippen molar-refractivity contribution in [3.05, 3.63) is 29.3 Å². The van der Waals surface area contributed by atoms with Crippen LogP contribution in [0.3, 0.4) is 0 Å². The summed E-state index contributed by atoms with van der Waals surface area (Å²) in [6.45, 7) is 2.20. The van der Waals surface area contributed by atoms with Crippen LogP contribution >= 0.6 is 0 Å². The molecule has 1 N–H and O–H groups in total. The second-order valence-electron chi connectivity index (χ2n) is 6.23. The van der Waals surface area contributed by atoms with Gasteiger partial charge >= 0.3 is 0 Å². The molecule has 1 heterocycles. The Morgan fingerprint density at radius 3 is 2.86 bits per heavy atom. The number of ether oxygens (including phenoxy) is 1. The van der Waals surface area contributed by atoms with Crippen LogP contribution in [0.5, 0.6) is 5.75 Å². The Hall–Kier alpha value is -1.57. The number of likely N-dealkylation sites (tertiary alicyclic amines) is 1. The van der Waals surface area contributed by atoms with Crippen molar-refractivity contribution in [3.8, 4) is 11.8 Å². The van der Waals surface area contributed by atoms with Crippen LogP contribution in [0.4, 0.5) is 0 Å². The standard InChI is InChI=1S/C17H23N3O/c1-20-8-7-13(11-19-15-4-5-15)17(20)12-3-6-16(21-2)14(9-12)10-18/h3,6,9,13,15,17,19H,4-5,7-8,11H2,1-2H3. The van der Waals surface area contributed by atoms with Crippen molar-refractivity contribution in [1.29, 1.82) is 5.26 Å². The molecule has 1 saturated carbocycles. The minimum absolute atomic E-state index is 0.397. The first kappa shape index (κ1) is 14.4. The molecule has 1 aliphatic heterocycles. The van der Waals surface area contributed by atoms with Crippen molar-refractivity contribution in [1.82, 2.24) is 10.2 Å². The summed E-state index contributed by atoms with van der Waals surface area (Å²) in [4.78, 5) is 2.40. The van der Waals surface area contributed by atoms with Gasteiger partial charge in [0.15, 0.2) is 0 Å². The molecule has 2 unspecified atom stereocenters. The highest BCUT2D eigenvalue weighted by Gasteiger charge is 2.34. The minimum Gasteiger partial charge on any atom is -0.495 e. The predicted octanol–water partition coefficient (Wildman–Crippen LogP) is 2.31. The van der Waals surface area contributed by atoms with E-state index in [0.29, 0.717) is 23.3 Å². The van der Waals surface area contributed by atoms with E-state index in [2.05, 4.69) is 29.4 Å². The molecule has 0 radical (unpaired) electrons. The second-order valence-corrected chi connectivity index (χ2v) is 6.23. The van der Waals surface area contributed by atoms with Gasteiger partial charge < -0.3 is 10.1 Å². The fourth-order valence-corrected chi connectivity index (χ4v) is 3.37. The van der Waals surface area contributed by atoms with Crippen molar-refractivity contribution in [2.75, 3.05) is 27.2 Å². The van der Waals surface area contributed by atoms with Gasteiger partial charge in [0, 0.05) is 18.6 Å². The third-order valence-corrected chi connectivity index (χ3v) is 4.71. The Labute approximate surface area is 126 Å². The topological polar surface area (TPSA) is 48.3 Å². The van der Waals surface area contributed by atoms with Gasteiger partial charge in [0.05, 0.1) is 12.7 Å². The highest BCUT2D eigenvalue weighted by atomic mass is 16.5. The van der Waals surface area contributed by atoms with E-state index in [9.17, 15) is 5.26 Å². The van der Waals surface area contributed by atoms with Crippen LogP contribution in [0.25, 0.3) is 0 Å². The molecule has 112 valence electrons. The summed E-state index contributed by atoms with van der Waals surface area (Å²) in [6.07, 6.45) is 3.87. The first-order valence-corrected chi connectivity index (χ1v) is 7.74. The zero-order valence-corrected chi connectivity index (χ0v) is 12.8. The Morgan fingerprint density at radius 1 is 1.38 bits per heavy atom. The van der Waals surface area contributed by atoms with Crippen molar-refractivity contribution in [2.24, 2.45) is 5.92 Å². The van der Waals surface area contributed by atoms with Crippen molar-refractivity contribution in [3.63, 3.8) is 0 Å². The quantitative estimate of drug-likeness (QED) is 0.902. The molecule has 4 nitrogen and oxygen atoms in total. The zero-order valence-electron chi connectivity index (χ0n) is 12.8. The zero-order chi connectivity index (χ0) is 14.8. The van der Waals surface area contributed by atoms with Crippen LogP contribution in [-0.2, 0) is 0 Å². The molecule has 4 heteroatoms. The molecule has 1 saturated heterocycles. The summed E-state index contributed by atoms with van der Waals surface area (Å²) in [5.41, 5.74) is 1.86. The van der Waals surface area contributed by atoms with Crippen LogP contribution in [0.15, 0.2) is 18.2 Å². The average molecular weight is 285 g/mol. The molecule has 2 fully saturated rings. The third kappa shape index (κ3) is 3.04. The highest BCUT2D eigenvalue weighted by molar-refractivity contribution is 5.46. The van der Waals surface area contributed by atoms with E-state index in [4.69, 9.17) is 4.74 Å². The van der Waals surface area contributed by atoms with Crippen LogP contribution in [0.2, 0.25) is 0 Å². The number of rotatable bonds is 5. The van der Waals surface area contributed by atoms with Gasteiger partial charge in [-0.2, -0.15) is 5.26 Å². The van der Waals surface area contributed by atoms with E-state index >= 15 is 0 Å². The largest absolute Gasteiger partial charge is 0.495 e. The lowest BCUT2D eigenvalue weighted by Crippen LogP contribution is -2.29. The molecule has 2 atom stereocenters. The van der Waals surface area contributed by atoms with E-state index in [0.717, 1.165) is 19.1 Å². The Bertz CT molecular complexity index is 547. The summed E-state index contributed by atoms with van der Waals surface area (Å²) in [5, 5.41) is 12.9. The fraction of sp³-hybridized carbons (Fsp3) is 0.588. The van der Waals surface area contributed by atoms with Gasteiger partial charge in [0.25, 0.3) is 0 Å². The maximum Gasteiger partial charge on any atom is 0.136 e. The Kier molecular flexibility index (Phi) is 4.14. The molecule has 21 heavy (non-hydrogen) atoms. The fourth-order valence-electron chi connectivity index (χ4n) is 3.37. The minimum atomic E-state index is 0.397. The highest BCUT2D eigenvalue weighted by Crippen LogP contribution is 2.37. The van der Waals surface area contributed by atoms with Crippen LogP contribution in [-0.4, -0.2) is 38.2 Å². The molecule has 0 bridgehead atoms. The summed E-state index contributed by atoms with van der Waals surface area (Å²) in [5.74, 6) is 1.28. The van der Waals surface area contributed by atoms with Gasteiger partial charge in [-0.3, -0.25) is 4.90 Å². The number of methoxy groups -OCH3 is 1. The summed E-state index contributed by atoms with van der Waals surface area (Å²) in [6, 6.07) is 9.42. The van der Waals surface area contributed by atoms with Crippen LogP contribution in [0, 0.1) is 17.2 Å². The molecule has 0 amide bonds. The van der Waals surface area contributed by atoms with Gasteiger partial charge in [0.2, 0.25) is 0 Å². The number of hydrogen-bond donors (Lipinski definition) is 1. The summed E-state index contributed by atoms with van der Waals surface area (Å²) >= 11 is 0. The average Bonchev–Trinajstić information content (AvgIpc) is 3.27. The predicted molar refractivity (Wildman–Crippen MR) is 82.2 cm³/mol. The molecule has 1 aliphatic carbocycles. The Balaban J connectivity index is 1.80. The monoisotopic (exact) mass is 285 g/mol. The smallest absolute Gasteiger partial charge is 0.136 e. The van der Waals surface area contributed by atoms with E-state index in [-0.39, 0.29) is 0 Å². The molecule has 0 spiro atoms. The van der Waals surface area contributed by atoms with Crippen molar-refractivity contribution < 1.29 is 4.74 Å². The SMILES string of the molecule is COc1ccc(C2C(CNC3CC3)CCN2C)cc1C#N. The maximum absolute atomic E-state index is 9.28. The van der Waals surface area contributed by atoms with Gasteiger partial charge in [-0.25, -0.2) is 0 Å². The van der Waals surface area contributed by atoms with Crippen molar-refractivity contribution in [2.45, 2.75) is 31.3 Å².